The molecule has 3 rings (SSSR count). The summed E-state index contributed by atoms with van der Waals surface area (Å²) in [5.41, 5.74) is 1.15. The molecular weight excluding hydrogens is 224 g/mol. The molecule has 0 radical (unpaired) electrons. The number of hydrogen-bond acceptors (Lipinski definition) is 2. The third-order valence-electron chi connectivity index (χ3n) is 3.19. The van der Waals surface area contributed by atoms with E-state index >= 15 is 0 Å². The summed E-state index contributed by atoms with van der Waals surface area (Å²) in [7, 11) is 0. The van der Waals surface area contributed by atoms with Crippen molar-refractivity contribution in [2.45, 2.75) is 32.2 Å². The lowest BCUT2D eigenvalue weighted by molar-refractivity contribution is 0.472. The summed E-state index contributed by atoms with van der Waals surface area (Å²) >= 11 is 6.20. The zero-order chi connectivity index (χ0) is 11.1. The second-order valence-electron chi connectivity index (χ2n) is 4.28. The van der Waals surface area contributed by atoms with Gasteiger partial charge in [0.1, 0.15) is 0 Å². The minimum absolute atomic E-state index is 0.484. The van der Waals surface area contributed by atoms with Gasteiger partial charge in [0.2, 0.25) is 0 Å². The molecule has 0 spiro atoms. The fourth-order valence-corrected chi connectivity index (χ4v) is 2.79. The summed E-state index contributed by atoms with van der Waals surface area (Å²) in [5, 5.41) is 0.624. The maximum Gasteiger partial charge on any atom is 0.177 e. The topological polar surface area (TPSA) is 31.0 Å². The molecule has 0 bridgehead atoms. The fraction of sp³-hybridized carbons (Fsp3) is 0.417. The molecule has 0 N–H and O–H groups in total. The SMILES string of the molecule is CC1CCCn2c(-c3ccco3)nc(Cl)c21. The number of furan rings is 1. The molecule has 4 heteroatoms. The van der Waals surface area contributed by atoms with Crippen LogP contribution < -0.4 is 0 Å². The highest BCUT2D eigenvalue weighted by Crippen LogP contribution is 2.36. The predicted molar refractivity (Wildman–Crippen MR) is 62.6 cm³/mol. The lowest BCUT2D eigenvalue weighted by Crippen LogP contribution is -2.14. The van der Waals surface area contributed by atoms with E-state index < -0.39 is 0 Å². The van der Waals surface area contributed by atoms with E-state index in [0.29, 0.717) is 11.1 Å². The van der Waals surface area contributed by atoms with Crippen molar-refractivity contribution in [3.8, 4) is 11.6 Å². The van der Waals surface area contributed by atoms with Crippen LogP contribution in [0.3, 0.4) is 0 Å². The summed E-state index contributed by atoms with van der Waals surface area (Å²) in [6, 6.07) is 3.79. The van der Waals surface area contributed by atoms with Crippen LogP contribution in [0.5, 0.6) is 0 Å². The van der Waals surface area contributed by atoms with Crippen LogP contribution in [0.2, 0.25) is 5.15 Å². The van der Waals surface area contributed by atoms with Crippen molar-refractivity contribution in [2.24, 2.45) is 0 Å². The molecule has 1 aliphatic rings. The van der Waals surface area contributed by atoms with Crippen LogP contribution in [0, 0.1) is 0 Å². The number of rotatable bonds is 1. The molecule has 1 atom stereocenters. The van der Waals surface area contributed by atoms with Crippen molar-refractivity contribution in [3.63, 3.8) is 0 Å². The zero-order valence-corrected chi connectivity index (χ0v) is 9.87. The number of aromatic nitrogens is 2. The van der Waals surface area contributed by atoms with Crippen LogP contribution in [0.1, 0.15) is 31.4 Å². The maximum atomic E-state index is 6.20. The van der Waals surface area contributed by atoms with E-state index in [1.165, 1.54) is 12.8 Å². The van der Waals surface area contributed by atoms with Gasteiger partial charge in [-0.2, -0.15) is 0 Å². The smallest absolute Gasteiger partial charge is 0.177 e. The second kappa shape index (κ2) is 3.67. The van der Waals surface area contributed by atoms with Crippen LogP contribution >= 0.6 is 11.6 Å². The average molecular weight is 237 g/mol. The van der Waals surface area contributed by atoms with E-state index in [4.69, 9.17) is 16.0 Å². The molecule has 0 saturated heterocycles. The molecule has 0 fully saturated rings. The van der Waals surface area contributed by atoms with Crippen molar-refractivity contribution in [3.05, 3.63) is 29.2 Å². The first-order valence-electron chi connectivity index (χ1n) is 5.57. The van der Waals surface area contributed by atoms with Crippen molar-refractivity contribution < 1.29 is 4.42 Å². The third kappa shape index (κ3) is 1.39. The van der Waals surface area contributed by atoms with E-state index in [2.05, 4.69) is 16.5 Å². The summed E-state index contributed by atoms with van der Waals surface area (Å²) in [4.78, 5) is 4.42. The number of hydrogen-bond donors (Lipinski definition) is 0. The summed E-state index contributed by atoms with van der Waals surface area (Å²) in [6.07, 6.45) is 4.02. The van der Waals surface area contributed by atoms with Gasteiger partial charge >= 0.3 is 0 Å². The van der Waals surface area contributed by atoms with E-state index in [9.17, 15) is 0 Å². The van der Waals surface area contributed by atoms with Gasteiger partial charge in [0.15, 0.2) is 16.7 Å². The van der Waals surface area contributed by atoms with E-state index in [1.54, 1.807) is 6.26 Å². The van der Waals surface area contributed by atoms with Gasteiger partial charge < -0.3 is 8.98 Å². The van der Waals surface area contributed by atoms with E-state index in [1.807, 2.05) is 12.1 Å². The first kappa shape index (κ1) is 9.97. The van der Waals surface area contributed by atoms with Gasteiger partial charge in [0.05, 0.1) is 12.0 Å². The summed E-state index contributed by atoms with van der Waals surface area (Å²) < 4.78 is 7.58. The number of imidazole rings is 1. The van der Waals surface area contributed by atoms with Gasteiger partial charge in [-0.05, 0) is 30.9 Å². The number of nitrogens with zero attached hydrogens (tertiary/aromatic N) is 2. The van der Waals surface area contributed by atoms with Crippen LogP contribution in [-0.2, 0) is 6.54 Å². The summed E-state index contributed by atoms with van der Waals surface area (Å²) in [5.74, 6) is 2.14. The molecule has 3 nitrogen and oxygen atoms in total. The first-order valence-corrected chi connectivity index (χ1v) is 5.95. The van der Waals surface area contributed by atoms with Gasteiger partial charge in [-0.3, -0.25) is 0 Å². The highest BCUT2D eigenvalue weighted by molar-refractivity contribution is 6.30. The largest absolute Gasteiger partial charge is 0.461 e. The van der Waals surface area contributed by atoms with Gasteiger partial charge in [-0.15, -0.1) is 0 Å². The van der Waals surface area contributed by atoms with Gasteiger partial charge in [-0.1, -0.05) is 18.5 Å². The van der Waals surface area contributed by atoms with Crippen LogP contribution in [0.15, 0.2) is 22.8 Å². The Labute approximate surface area is 99.0 Å². The molecule has 1 aliphatic heterocycles. The summed E-state index contributed by atoms with van der Waals surface area (Å²) in [6.45, 7) is 3.18. The molecule has 3 heterocycles. The molecule has 16 heavy (non-hydrogen) atoms. The molecule has 2 aromatic heterocycles. The number of halogens is 1. The fourth-order valence-electron chi connectivity index (χ4n) is 2.42. The highest BCUT2D eigenvalue weighted by Gasteiger charge is 2.25. The Bertz CT molecular complexity index is 501. The normalized spacial score (nSPS) is 19.8. The Kier molecular flexibility index (Phi) is 2.28. The van der Waals surface area contributed by atoms with Crippen molar-refractivity contribution in [1.29, 1.82) is 0 Å². The van der Waals surface area contributed by atoms with Gasteiger partial charge in [0, 0.05) is 6.54 Å². The molecule has 2 aromatic rings. The average Bonchev–Trinajstić information content (AvgIpc) is 2.86. The molecule has 0 aliphatic carbocycles. The van der Waals surface area contributed by atoms with Crippen LogP contribution in [0.4, 0.5) is 0 Å². The van der Waals surface area contributed by atoms with Crippen molar-refractivity contribution >= 4 is 11.6 Å². The van der Waals surface area contributed by atoms with E-state index in [-0.39, 0.29) is 0 Å². The quantitative estimate of drug-likeness (QED) is 0.756. The Morgan fingerprint density at radius 3 is 3.19 bits per heavy atom. The van der Waals surface area contributed by atoms with Crippen LogP contribution in [0.25, 0.3) is 11.6 Å². The second-order valence-corrected chi connectivity index (χ2v) is 4.64. The molecule has 84 valence electrons. The van der Waals surface area contributed by atoms with Crippen molar-refractivity contribution in [2.75, 3.05) is 0 Å². The zero-order valence-electron chi connectivity index (χ0n) is 9.11. The molecule has 1 unspecified atom stereocenters. The lowest BCUT2D eigenvalue weighted by atomic mass is 9.98. The van der Waals surface area contributed by atoms with Crippen molar-refractivity contribution in [1.82, 2.24) is 9.55 Å². The third-order valence-corrected chi connectivity index (χ3v) is 3.47. The molecule has 0 amide bonds. The Morgan fingerprint density at radius 1 is 1.56 bits per heavy atom. The Balaban J connectivity index is 2.18. The maximum absolute atomic E-state index is 6.20. The Morgan fingerprint density at radius 2 is 2.44 bits per heavy atom. The standard InChI is InChI=1S/C12H13ClN2O/c1-8-4-2-6-15-10(8)11(13)14-12(15)9-5-3-7-16-9/h3,5,7-8H,2,4,6H2,1H3. The monoisotopic (exact) mass is 236 g/mol. The lowest BCUT2D eigenvalue weighted by Gasteiger charge is -2.21. The minimum Gasteiger partial charge on any atom is -0.461 e. The predicted octanol–water partition coefficient (Wildman–Crippen LogP) is 3.69. The number of fused-ring (bicyclic) bond motifs is 1. The van der Waals surface area contributed by atoms with Gasteiger partial charge in [0.25, 0.3) is 0 Å². The van der Waals surface area contributed by atoms with Crippen LogP contribution in [-0.4, -0.2) is 9.55 Å². The van der Waals surface area contributed by atoms with E-state index in [0.717, 1.165) is 23.8 Å². The minimum atomic E-state index is 0.484. The highest BCUT2D eigenvalue weighted by atomic mass is 35.5. The Hall–Kier alpha value is -1.22. The molecule has 0 aromatic carbocycles. The first-order chi connectivity index (χ1) is 7.77. The molecule has 0 saturated carbocycles. The molecular formula is C12H13ClN2O. The van der Waals surface area contributed by atoms with Gasteiger partial charge in [-0.25, -0.2) is 4.98 Å².